The summed E-state index contributed by atoms with van der Waals surface area (Å²) in [4.78, 5) is 2.12. The van der Waals surface area contributed by atoms with Crippen molar-refractivity contribution in [2.24, 2.45) is 0 Å². The fourth-order valence-electron chi connectivity index (χ4n) is 4.86. The highest BCUT2D eigenvalue weighted by Gasteiger charge is 2.23. The standard InChI is InChI=1S/C32H31NO2/c1-33(2)20-21-35-25-18-16-23(17-19-25)32(29-14-8-9-15-31(29)34-3)30-22-24-10-4-5-11-26(24)27-12-6-7-13-28(27)30/h4-19,22,32H,20-21H2,1-3H3. The molecule has 3 nitrogen and oxygen atoms in total. The zero-order valence-corrected chi connectivity index (χ0v) is 20.6. The highest BCUT2D eigenvalue weighted by Crippen LogP contribution is 2.42. The van der Waals surface area contributed by atoms with E-state index in [9.17, 15) is 0 Å². The minimum atomic E-state index is 0.0106. The van der Waals surface area contributed by atoms with Crippen LogP contribution in [0.1, 0.15) is 22.6 Å². The molecule has 35 heavy (non-hydrogen) atoms. The summed E-state index contributed by atoms with van der Waals surface area (Å²) < 4.78 is 11.8. The maximum absolute atomic E-state index is 5.97. The van der Waals surface area contributed by atoms with Gasteiger partial charge in [0.05, 0.1) is 7.11 Å². The highest BCUT2D eigenvalue weighted by atomic mass is 16.5. The van der Waals surface area contributed by atoms with E-state index < -0.39 is 0 Å². The van der Waals surface area contributed by atoms with Crippen molar-refractivity contribution < 1.29 is 9.47 Å². The van der Waals surface area contributed by atoms with Gasteiger partial charge in [0.15, 0.2) is 0 Å². The van der Waals surface area contributed by atoms with Gasteiger partial charge in [-0.25, -0.2) is 0 Å². The van der Waals surface area contributed by atoms with Gasteiger partial charge in [-0.05, 0) is 71.0 Å². The van der Waals surface area contributed by atoms with Crippen molar-refractivity contribution in [3.8, 4) is 11.5 Å². The number of fused-ring (bicyclic) bond motifs is 3. The summed E-state index contributed by atoms with van der Waals surface area (Å²) in [5, 5.41) is 5.04. The number of methoxy groups -OCH3 is 1. The van der Waals surface area contributed by atoms with E-state index in [4.69, 9.17) is 9.47 Å². The fraction of sp³-hybridized carbons (Fsp3) is 0.188. The summed E-state index contributed by atoms with van der Waals surface area (Å²) >= 11 is 0. The normalized spacial score (nSPS) is 12.2. The number of likely N-dealkylation sites (N-methyl/N-ethyl adjacent to an activating group) is 1. The van der Waals surface area contributed by atoms with E-state index in [1.165, 1.54) is 32.7 Å². The van der Waals surface area contributed by atoms with E-state index in [2.05, 4.69) is 110 Å². The molecule has 0 bridgehead atoms. The topological polar surface area (TPSA) is 21.7 Å². The van der Waals surface area contributed by atoms with Crippen molar-refractivity contribution in [1.29, 1.82) is 0 Å². The second kappa shape index (κ2) is 10.2. The van der Waals surface area contributed by atoms with Gasteiger partial charge in [-0.15, -0.1) is 0 Å². The Bertz CT molecular complexity index is 1440. The van der Waals surface area contributed by atoms with Gasteiger partial charge in [-0.3, -0.25) is 0 Å². The summed E-state index contributed by atoms with van der Waals surface area (Å²) in [6.07, 6.45) is 0. The molecular formula is C32H31NO2. The average molecular weight is 462 g/mol. The maximum atomic E-state index is 5.97. The molecule has 1 unspecified atom stereocenters. The van der Waals surface area contributed by atoms with Crippen LogP contribution < -0.4 is 9.47 Å². The van der Waals surface area contributed by atoms with Crippen LogP contribution in [0, 0.1) is 0 Å². The Labute approximate surface area is 207 Å². The van der Waals surface area contributed by atoms with Gasteiger partial charge in [0.25, 0.3) is 0 Å². The van der Waals surface area contributed by atoms with Crippen LogP contribution in [-0.2, 0) is 0 Å². The van der Waals surface area contributed by atoms with Gasteiger partial charge in [0, 0.05) is 18.0 Å². The van der Waals surface area contributed by atoms with Crippen molar-refractivity contribution in [1.82, 2.24) is 4.90 Å². The van der Waals surface area contributed by atoms with Crippen LogP contribution >= 0.6 is 0 Å². The van der Waals surface area contributed by atoms with Crippen molar-refractivity contribution in [2.75, 3.05) is 34.4 Å². The van der Waals surface area contributed by atoms with Crippen LogP contribution in [0.15, 0.2) is 103 Å². The zero-order valence-electron chi connectivity index (χ0n) is 20.6. The number of nitrogens with zero attached hydrogens (tertiary/aromatic N) is 1. The summed E-state index contributed by atoms with van der Waals surface area (Å²) in [5.41, 5.74) is 3.62. The third kappa shape index (κ3) is 4.73. The van der Waals surface area contributed by atoms with E-state index in [0.717, 1.165) is 23.6 Å². The van der Waals surface area contributed by atoms with Gasteiger partial charge in [0.1, 0.15) is 18.1 Å². The lowest BCUT2D eigenvalue weighted by atomic mass is 9.81. The van der Waals surface area contributed by atoms with Crippen LogP contribution in [0.5, 0.6) is 11.5 Å². The van der Waals surface area contributed by atoms with Gasteiger partial charge < -0.3 is 14.4 Å². The molecule has 176 valence electrons. The van der Waals surface area contributed by atoms with Gasteiger partial charge >= 0.3 is 0 Å². The predicted molar refractivity (Wildman–Crippen MR) is 146 cm³/mol. The Kier molecular flexibility index (Phi) is 6.69. The smallest absolute Gasteiger partial charge is 0.123 e. The molecule has 0 aromatic heterocycles. The van der Waals surface area contributed by atoms with Crippen molar-refractivity contribution in [2.45, 2.75) is 5.92 Å². The van der Waals surface area contributed by atoms with Crippen molar-refractivity contribution in [3.63, 3.8) is 0 Å². The zero-order chi connectivity index (χ0) is 24.2. The lowest BCUT2D eigenvalue weighted by Gasteiger charge is -2.24. The number of para-hydroxylation sites is 1. The van der Waals surface area contributed by atoms with Crippen LogP contribution in [0.4, 0.5) is 0 Å². The Morgan fingerprint density at radius 1 is 0.686 bits per heavy atom. The molecule has 0 aliphatic heterocycles. The van der Waals surface area contributed by atoms with Crippen LogP contribution in [0.3, 0.4) is 0 Å². The Morgan fingerprint density at radius 3 is 2.09 bits per heavy atom. The van der Waals surface area contributed by atoms with Crippen LogP contribution in [0.25, 0.3) is 21.5 Å². The Morgan fingerprint density at radius 2 is 1.34 bits per heavy atom. The van der Waals surface area contributed by atoms with Gasteiger partial charge in [-0.2, -0.15) is 0 Å². The Hall–Kier alpha value is -3.82. The first-order valence-corrected chi connectivity index (χ1v) is 12.1. The molecule has 5 aromatic carbocycles. The first kappa shape index (κ1) is 22.9. The quantitative estimate of drug-likeness (QED) is 0.181. The lowest BCUT2D eigenvalue weighted by molar-refractivity contribution is 0.261. The lowest BCUT2D eigenvalue weighted by Crippen LogP contribution is -2.19. The first-order valence-electron chi connectivity index (χ1n) is 12.1. The largest absolute Gasteiger partial charge is 0.496 e. The van der Waals surface area contributed by atoms with Crippen molar-refractivity contribution >= 4 is 21.5 Å². The molecule has 5 aromatic rings. The summed E-state index contributed by atoms with van der Waals surface area (Å²) in [5.74, 6) is 1.79. The van der Waals surface area contributed by atoms with E-state index in [-0.39, 0.29) is 5.92 Å². The molecule has 0 amide bonds. The molecule has 0 saturated heterocycles. The molecule has 0 radical (unpaired) electrons. The van der Waals surface area contributed by atoms with E-state index in [0.29, 0.717) is 6.61 Å². The highest BCUT2D eigenvalue weighted by molar-refractivity contribution is 6.09. The second-order valence-corrected chi connectivity index (χ2v) is 9.13. The predicted octanol–water partition coefficient (Wildman–Crippen LogP) is 7.12. The second-order valence-electron chi connectivity index (χ2n) is 9.13. The SMILES string of the molecule is COc1ccccc1C(c1ccc(OCCN(C)C)cc1)c1cc2ccccc2c2ccccc12. The molecule has 0 saturated carbocycles. The fourth-order valence-corrected chi connectivity index (χ4v) is 4.86. The minimum absolute atomic E-state index is 0.0106. The molecule has 0 N–H and O–H groups in total. The van der Waals surface area contributed by atoms with Gasteiger partial charge in [-0.1, -0.05) is 78.9 Å². The van der Waals surface area contributed by atoms with Crippen LogP contribution in [0.2, 0.25) is 0 Å². The molecule has 0 fully saturated rings. The number of hydrogen-bond donors (Lipinski definition) is 0. The van der Waals surface area contributed by atoms with E-state index in [1.54, 1.807) is 7.11 Å². The first-order chi connectivity index (χ1) is 17.2. The van der Waals surface area contributed by atoms with E-state index >= 15 is 0 Å². The third-order valence-electron chi connectivity index (χ3n) is 6.58. The summed E-state index contributed by atoms with van der Waals surface area (Å²) in [6.45, 7) is 1.55. The molecule has 0 aliphatic carbocycles. The molecule has 1 atom stereocenters. The van der Waals surface area contributed by atoms with Gasteiger partial charge in [0.2, 0.25) is 0 Å². The molecule has 0 spiro atoms. The summed E-state index contributed by atoms with van der Waals surface area (Å²) in [6, 6.07) is 36.6. The number of hydrogen-bond acceptors (Lipinski definition) is 3. The van der Waals surface area contributed by atoms with E-state index in [1.807, 2.05) is 12.1 Å². The van der Waals surface area contributed by atoms with Crippen LogP contribution in [-0.4, -0.2) is 39.3 Å². The monoisotopic (exact) mass is 461 g/mol. The average Bonchev–Trinajstić information content (AvgIpc) is 2.90. The number of ether oxygens (including phenoxy) is 2. The minimum Gasteiger partial charge on any atom is -0.496 e. The maximum Gasteiger partial charge on any atom is 0.123 e. The number of rotatable bonds is 8. The third-order valence-corrected chi connectivity index (χ3v) is 6.58. The number of benzene rings is 5. The molecular weight excluding hydrogens is 430 g/mol. The summed E-state index contributed by atoms with van der Waals surface area (Å²) in [7, 11) is 5.85. The molecule has 0 aliphatic rings. The molecule has 0 heterocycles. The molecule has 5 rings (SSSR count). The van der Waals surface area contributed by atoms with Crippen molar-refractivity contribution in [3.05, 3.63) is 120 Å². The molecule has 3 heteroatoms. The Balaban J connectivity index is 1.68.